The van der Waals surface area contributed by atoms with Gasteiger partial charge in [0.2, 0.25) is 5.91 Å². The van der Waals surface area contributed by atoms with Gasteiger partial charge in [-0.15, -0.1) is 0 Å². The highest BCUT2D eigenvalue weighted by Gasteiger charge is 2.41. The van der Waals surface area contributed by atoms with Crippen LogP contribution >= 0.6 is 0 Å². The number of fused-ring (bicyclic) bond motifs is 1. The van der Waals surface area contributed by atoms with E-state index in [0.717, 1.165) is 37.3 Å². The molecule has 0 spiro atoms. The Labute approximate surface area is 154 Å². The molecule has 0 bridgehead atoms. The van der Waals surface area contributed by atoms with Gasteiger partial charge in [-0.05, 0) is 44.0 Å². The van der Waals surface area contributed by atoms with Crippen LogP contribution in [0, 0.1) is 18.8 Å². The first-order valence-corrected chi connectivity index (χ1v) is 9.36. The number of ether oxygens (including phenoxy) is 1. The van der Waals surface area contributed by atoms with Crippen molar-refractivity contribution in [3.05, 3.63) is 54.4 Å². The van der Waals surface area contributed by atoms with Gasteiger partial charge < -0.3 is 15.0 Å². The Kier molecular flexibility index (Phi) is 4.89. The maximum absolute atomic E-state index is 13.0. The molecule has 5 heteroatoms. The van der Waals surface area contributed by atoms with E-state index in [2.05, 4.69) is 39.5 Å². The number of aryl methyl sites for hydroxylation is 1. The highest BCUT2D eigenvalue weighted by molar-refractivity contribution is 5.93. The standard InChI is InChI=1S/C21H25N3O2/c1-15-19(8-5-11-22-15)23-21(25)17-10-13-26-20-9-12-24(14-18(17)20)16-6-3-2-4-7-16/h2-8,11,17-18,20H,9-10,12-14H2,1H3,(H,23,25)/t17-,18-,20-/m1/s1. The van der Waals surface area contributed by atoms with Gasteiger partial charge in [-0.1, -0.05) is 18.2 Å². The summed E-state index contributed by atoms with van der Waals surface area (Å²) in [5.74, 6) is 0.281. The smallest absolute Gasteiger partial charge is 0.228 e. The largest absolute Gasteiger partial charge is 0.378 e. The van der Waals surface area contributed by atoms with E-state index in [4.69, 9.17) is 4.74 Å². The molecule has 0 saturated carbocycles. The van der Waals surface area contributed by atoms with E-state index in [9.17, 15) is 4.79 Å². The third-order valence-electron chi connectivity index (χ3n) is 5.59. The number of pyridine rings is 1. The first-order chi connectivity index (χ1) is 12.7. The number of para-hydroxylation sites is 1. The number of carbonyl (C=O) groups is 1. The van der Waals surface area contributed by atoms with Crippen molar-refractivity contribution in [2.45, 2.75) is 25.9 Å². The molecule has 2 saturated heterocycles. The van der Waals surface area contributed by atoms with Crippen molar-refractivity contribution in [1.29, 1.82) is 0 Å². The fourth-order valence-electron chi connectivity index (χ4n) is 4.15. The zero-order valence-electron chi connectivity index (χ0n) is 15.1. The summed E-state index contributed by atoms with van der Waals surface area (Å²) in [6.07, 6.45) is 3.66. The molecule has 26 heavy (non-hydrogen) atoms. The second-order valence-electron chi connectivity index (χ2n) is 7.16. The second kappa shape index (κ2) is 7.46. The topological polar surface area (TPSA) is 54.5 Å². The number of aromatic nitrogens is 1. The number of hydrogen-bond donors (Lipinski definition) is 1. The summed E-state index contributed by atoms with van der Waals surface area (Å²) in [7, 11) is 0. The quantitative estimate of drug-likeness (QED) is 0.922. The fourth-order valence-corrected chi connectivity index (χ4v) is 4.15. The van der Waals surface area contributed by atoms with Crippen molar-refractivity contribution in [3.63, 3.8) is 0 Å². The predicted octanol–water partition coefficient (Wildman–Crippen LogP) is 3.26. The molecule has 2 aliphatic rings. The van der Waals surface area contributed by atoms with Gasteiger partial charge in [-0.25, -0.2) is 0 Å². The van der Waals surface area contributed by atoms with Crippen LogP contribution < -0.4 is 10.2 Å². The molecule has 0 aliphatic carbocycles. The van der Waals surface area contributed by atoms with Gasteiger partial charge in [0.15, 0.2) is 0 Å². The minimum atomic E-state index is -0.0279. The summed E-state index contributed by atoms with van der Waals surface area (Å²) < 4.78 is 6.00. The Morgan fingerprint density at radius 1 is 1.19 bits per heavy atom. The van der Waals surface area contributed by atoms with E-state index < -0.39 is 0 Å². The van der Waals surface area contributed by atoms with Crippen LogP contribution in [-0.2, 0) is 9.53 Å². The normalized spacial score (nSPS) is 25.4. The number of benzene rings is 1. The van der Waals surface area contributed by atoms with Crippen LogP contribution in [0.4, 0.5) is 11.4 Å². The lowest BCUT2D eigenvalue weighted by Gasteiger charge is -2.45. The molecule has 4 rings (SSSR count). The van der Waals surface area contributed by atoms with Crippen molar-refractivity contribution in [3.8, 4) is 0 Å². The van der Waals surface area contributed by atoms with Crippen molar-refractivity contribution in [2.75, 3.05) is 29.9 Å². The number of nitrogens with one attached hydrogen (secondary N) is 1. The van der Waals surface area contributed by atoms with Gasteiger partial charge in [-0.2, -0.15) is 0 Å². The van der Waals surface area contributed by atoms with E-state index in [1.807, 2.05) is 25.1 Å². The summed E-state index contributed by atoms with van der Waals surface area (Å²) in [6.45, 7) is 4.41. The number of piperidine rings is 1. The Morgan fingerprint density at radius 2 is 2.04 bits per heavy atom. The second-order valence-corrected chi connectivity index (χ2v) is 7.16. The molecule has 2 aromatic rings. The molecule has 3 heterocycles. The van der Waals surface area contributed by atoms with Crippen molar-refractivity contribution in [1.82, 2.24) is 4.98 Å². The maximum Gasteiger partial charge on any atom is 0.228 e. The lowest BCUT2D eigenvalue weighted by atomic mass is 9.78. The van der Waals surface area contributed by atoms with E-state index in [0.29, 0.717) is 6.61 Å². The highest BCUT2D eigenvalue weighted by Crippen LogP contribution is 2.35. The molecular formula is C21H25N3O2. The highest BCUT2D eigenvalue weighted by atomic mass is 16.5. The maximum atomic E-state index is 13.0. The first kappa shape index (κ1) is 17.0. The first-order valence-electron chi connectivity index (χ1n) is 9.36. The summed E-state index contributed by atoms with van der Waals surface area (Å²) in [6, 6.07) is 14.2. The summed E-state index contributed by atoms with van der Waals surface area (Å²) in [4.78, 5) is 19.6. The average molecular weight is 351 g/mol. The number of hydrogen-bond acceptors (Lipinski definition) is 4. The molecule has 5 nitrogen and oxygen atoms in total. The summed E-state index contributed by atoms with van der Waals surface area (Å²) >= 11 is 0. The SMILES string of the molecule is Cc1ncccc1NC(=O)[C@@H]1CCO[C@@H]2CCN(c3ccccc3)C[C@@H]21. The average Bonchev–Trinajstić information content (AvgIpc) is 2.69. The monoisotopic (exact) mass is 351 g/mol. The molecule has 1 aromatic carbocycles. The van der Waals surface area contributed by atoms with Gasteiger partial charge in [-0.3, -0.25) is 9.78 Å². The zero-order valence-corrected chi connectivity index (χ0v) is 15.1. The van der Waals surface area contributed by atoms with Crippen molar-refractivity contribution < 1.29 is 9.53 Å². The third kappa shape index (κ3) is 3.44. The van der Waals surface area contributed by atoms with Crippen LogP contribution in [0.25, 0.3) is 0 Å². The Hall–Kier alpha value is -2.40. The zero-order chi connectivity index (χ0) is 17.9. The van der Waals surface area contributed by atoms with Gasteiger partial charge >= 0.3 is 0 Å². The number of nitrogens with zero attached hydrogens (tertiary/aromatic N) is 2. The molecule has 1 N–H and O–H groups in total. The van der Waals surface area contributed by atoms with Crippen LogP contribution in [0.15, 0.2) is 48.7 Å². The Morgan fingerprint density at radius 3 is 2.85 bits per heavy atom. The number of amides is 1. The van der Waals surface area contributed by atoms with Crippen LogP contribution in [0.2, 0.25) is 0 Å². The molecule has 1 amide bonds. The molecule has 2 aliphatic heterocycles. The molecule has 136 valence electrons. The van der Waals surface area contributed by atoms with Gasteiger partial charge in [0.1, 0.15) is 0 Å². The lowest BCUT2D eigenvalue weighted by molar-refractivity contribution is -0.131. The molecular weight excluding hydrogens is 326 g/mol. The summed E-state index contributed by atoms with van der Waals surface area (Å²) in [5, 5.41) is 3.09. The minimum Gasteiger partial charge on any atom is -0.378 e. The van der Waals surface area contributed by atoms with E-state index in [-0.39, 0.29) is 23.8 Å². The molecule has 0 unspecified atom stereocenters. The van der Waals surface area contributed by atoms with Crippen LogP contribution in [0.1, 0.15) is 18.5 Å². The Bertz CT molecular complexity index is 765. The summed E-state index contributed by atoms with van der Waals surface area (Å²) in [5.41, 5.74) is 2.87. The lowest BCUT2D eigenvalue weighted by Crippen LogP contribution is -2.52. The van der Waals surface area contributed by atoms with E-state index >= 15 is 0 Å². The molecule has 0 radical (unpaired) electrons. The third-order valence-corrected chi connectivity index (χ3v) is 5.59. The number of rotatable bonds is 3. The van der Waals surface area contributed by atoms with E-state index in [1.165, 1.54) is 5.69 Å². The van der Waals surface area contributed by atoms with Crippen molar-refractivity contribution >= 4 is 17.3 Å². The van der Waals surface area contributed by atoms with Crippen molar-refractivity contribution in [2.24, 2.45) is 11.8 Å². The van der Waals surface area contributed by atoms with Crippen LogP contribution in [0.5, 0.6) is 0 Å². The molecule has 3 atom stereocenters. The number of anilines is 2. The van der Waals surface area contributed by atoms with E-state index in [1.54, 1.807) is 6.20 Å². The minimum absolute atomic E-state index is 0.0279. The fraction of sp³-hybridized carbons (Fsp3) is 0.429. The van der Waals surface area contributed by atoms with Crippen LogP contribution in [-0.4, -0.2) is 36.7 Å². The van der Waals surface area contributed by atoms with Gasteiger partial charge in [0, 0.05) is 43.4 Å². The Balaban J connectivity index is 1.50. The molecule has 1 aromatic heterocycles. The molecule has 2 fully saturated rings. The predicted molar refractivity (Wildman–Crippen MR) is 102 cm³/mol. The number of carbonyl (C=O) groups excluding carboxylic acids is 1. The van der Waals surface area contributed by atoms with Crippen LogP contribution in [0.3, 0.4) is 0 Å². The van der Waals surface area contributed by atoms with Gasteiger partial charge in [0.25, 0.3) is 0 Å². The van der Waals surface area contributed by atoms with Gasteiger partial charge in [0.05, 0.1) is 17.5 Å².